The molecule has 3 nitrogen and oxygen atoms in total. The van der Waals surface area contributed by atoms with Crippen LogP contribution in [0.15, 0.2) is 0 Å². The van der Waals surface area contributed by atoms with Gasteiger partial charge in [0, 0.05) is 25.6 Å². The van der Waals surface area contributed by atoms with Crippen LogP contribution in [-0.2, 0) is 9.53 Å². The number of ketones is 1. The van der Waals surface area contributed by atoms with Crippen LogP contribution in [0.25, 0.3) is 0 Å². The summed E-state index contributed by atoms with van der Waals surface area (Å²) in [5.41, 5.74) is 0. The zero-order chi connectivity index (χ0) is 9.40. The number of ether oxygens (including phenoxy) is 1. The minimum Gasteiger partial charge on any atom is -0.374 e. The summed E-state index contributed by atoms with van der Waals surface area (Å²) in [6.07, 6.45) is 0.568. The molecule has 0 saturated heterocycles. The van der Waals surface area contributed by atoms with E-state index in [1.54, 1.807) is 0 Å². The molecule has 0 heterocycles. The second kappa shape index (κ2) is 7.25. The van der Waals surface area contributed by atoms with E-state index < -0.39 is 0 Å². The average molecular weight is 173 g/mol. The summed E-state index contributed by atoms with van der Waals surface area (Å²) in [5.74, 6) is 0.171. The molecule has 0 aromatic carbocycles. The van der Waals surface area contributed by atoms with Crippen LogP contribution in [0.3, 0.4) is 0 Å². The van der Waals surface area contributed by atoms with Gasteiger partial charge in [0.15, 0.2) is 5.78 Å². The van der Waals surface area contributed by atoms with Crippen LogP contribution in [0.4, 0.5) is 0 Å². The SMILES string of the molecule is CCOCC(=O)CCNC(C)C. The van der Waals surface area contributed by atoms with Gasteiger partial charge in [-0.1, -0.05) is 13.8 Å². The van der Waals surface area contributed by atoms with Crippen LogP contribution in [-0.4, -0.2) is 31.6 Å². The number of nitrogens with one attached hydrogen (secondary N) is 1. The molecule has 0 radical (unpaired) electrons. The molecule has 0 saturated carbocycles. The van der Waals surface area contributed by atoms with Gasteiger partial charge in [-0.3, -0.25) is 4.79 Å². The predicted molar refractivity (Wildman–Crippen MR) is 49.3 cm³/mol. The Morgan fingerprint density at radius 1 is 1.50 bits per heavy atom. The average Bonchev–Trinajstić information content (AvgIpc) is 2.00. The second-order valence-corrected chi connectivity index (χ2v) is 3.03. The fraction of sp³-hybridized carbons (Fsp3) is 0.889. The van der Waals surface area contributed by atoms with Crippen molar-refractivity contribution in [3.63, 3.8) is 0 Å². The van der Waals surface area contributed by atoms with Crippen molar-refractivity contribution in [1.29, 1.82) is 0 Å². The summed E-state index contributed by atoms with van der Waals surface area (Å²) < 4.78 is 4.98. The molecule has 0 spiro atoms. The Labute approximate surface area is 74.5 Å². The molecule has 0 unspecified atom stereocenters. The molecule has 0 fully saturated rings. The van der Waals surface area contributed by atoms with E-state index >= 15 is 0 Å². The van der Waals surface area contributed by atoms with Crippen LogP contribution in [0.1, 0.15) is 27.2 Å². The maximum absolute atomic E-state index is 11.0. The minimum absolute atomic E-state index is 0.171. The lowest BCUT2D eigenvalue weighted by molar-refractivity contribution is -0.123. The molecule has 1 N–H and O–H groups in total. The van der Waals surface area contributed by atoms with Crippen LogP contribution < -0.4 is 5.32 Å². The van der Waals surface area contributed by atoms with Crippen molar-refractivity contribution in [3.05, 3.63) is 0 Å². The molecule has 0 aliphatic rings. The van der Waals surface area contributed by atoms with Gasteiger partial charge in [0.1, 0.15) is 6.61 Å². The Balaban J connectivity index is 3.20. The number of carbonyl (C=O) groups excluding carboxylic acids is 1. The van der Waals surface area contributed by atoms with Crippen LogP contribution in [0, 0.1) is 0 Å². The normalized spacial score (nSPS) is 10.7. The first kappa shape index (κ1) is 11.6. The van der Waals surface area contributed by atoms with Gasteiger partial charge in [-0.2, -0.15) is 0 Å². The van der Waals surface area contributed by atoms with Crippen molar-refractivity contribution in [3.8, 4) is 0 Å². The minimum atomic E-state index is 0.171. The lowest BCUT2D eigenvalue weighted by Gasteiger charge is -2.06. The number of Topliss-reactive ketones (excluding diaryl/α,β-unsaturated/α-hetero) is 1. The van der Waals surface area contributed by atoms with Crippen molar-refractivity contribution in [1.82, 2.24) is 5.32 Å². The van der Waals surface area contributed by atoms with Gasteiger partial charge in [0.05, 0.1) is 0 Å². The third-order valence-electron chi connectivity index (χ3n) is 1.42. The van der Waals surface area contributed by atoms with E-state index in [0.29, 0.717) is 19.1 Å². The molecular formula is C9H19NO2. The molecule has 0 atom stereocenters. The largest absolute Gasteiger partial charge is 0.374 e. The Kier molecular flexibility index (Phi) is 7.00. The lowest BCUT2D eigenvalue weighted by atomic mass is 10.3. The highest BCUT2D eigenvalue weighted by Crippen LogP contribution is 1.85. The summed E-state index contributed by atoms with van der Waals surface area (Å²) in [6.45, 7) is 7.64. The van der Waals surface area contributed by atoms with Gasteiger partial charge < -0.3 is 10.1 Å². The maximum atomic E-state index is 11.0. The van der Waals surface area contributed by atoms with E-state index in [1.807, 2.05) is 6.92 Å². The highest BCUT2D eigenvalue weighted by molar-refractivity contribution is 5.79. The topological polar surface area (TPSA) is 38.3 Å². The molecule has 0 rings (SSSR count). The molecule has 0 aliphatic heterocycles. The monoisotopic (exact) mass is 173 g/mol. The van der Waals surface area contributed by atoms with Gasteiger partial charge in [-0.25, -0.2) is 0 Å². The Hall–Kier alpha value is -0.410. The van der Waals surface area contributed by atoms with Gasteiger partial charge in [-0.15, -0.1) is 0 Å². The maximum Gasteiger partial charge on any atom is 0.159 e. The van der Waals surface area contributed by atoms with E-state index in [4.69, 9.17) is 4.74 Å². The van der Waals surface area contributed by atoms with Crippen LogP contribution in [0.2, 0.25) is 0 Å². The summed E-state index contributed by atoms with van der Waals surface area (Å²) in [5, 5.41) is 3.18. The summed E-state index contributed by atoms with van der Waals surface area (Å²) in [6, 6.07) is 0.449. The fourth-order valence-corrected chi connectivity index (χ4v) is 0.788. The molecule has 72 valence electrons. The van der Waals surface area contributed by atoms with Crippen LogP contribution >= 0.6 is 0 Å². The first-order chi connectivity index (χ1) is 5.66. The van der Waals surface area contributed by atoms with Gasteiger partial charge in [-0.05, 0) is 6.92 Å². The highest BCUT2D eigenvalue weighted by atomic mass is 16.5. The van der Waals surface area contributed by atoms with E-state index in [-0.39, 0.29) is 12.4 Å². The Morgan fingerprint density at radius 3 is 2.67 bits per heavy atom. The van der Waals surface area contributed by atoms with Gasteiger partial charge >= 0.3 is 0 Å². The second-order valence-electron chi connectivity index (χ2n) is 3.03. The van der Waals surface area contributed by atoms with Crippen molar-refractivity contribution in [2.75, 3.05) is 19.8 Å². The van der Waals surface area contributed by atoms with E-state index in [9.17, 15) is 4.79 Å². The molecule has 0 aliphatic carbocycles. The van der Waals surface area contributed by atoms with Gasteiger partial charge in [0.2, 0.25) is 0 Å². The molecule has 0 aromatic rings. The number of hydrogen-bond donors (Lipinski definition) is 1. The molecule has 12 heavy (non-hydrogen) atoms. The summed E-state index contributed by atoms with van der Waals surface area (Å²) >= 11 is 0. The summed E-state index contributed by atoms with van der Waals surface area (Å²) in [4.78, 5) is 11.0. The third kappa shape index (κ3) is 7.69. The van der Waals surface area contributed by atoms with E-state index in [0.717, 1.165) is 6.54 Å². The van der Waals surface area contributed by atoms with Crippen molar-refractivity contribution >= 4 is 5.78 Å². The van der Waals surface area contributed by atoms with E-state index in [2.05, 4.69) is 19.2 Å². The molecule has 0 bridgehead atoms. The van der Waals surface area contributed by atoms with Crippen LogP contribution in [0.5, 0.6) is 0 Å². The predicted octanol–water partition coefficient (Wildman–Crippen LogP) is 0.980. The first-order valence-electron chi connectivity index (χ1n) is 4.49. The third-order valence-corrected chi connectivity index (χ3v) is 1.42. The van der Waals surface area contributed by atoms with Gasteiger partial charge in [0.25, 0.3) is 0 Å². The van der Waals surface area contributed by atoms with Crippen molar-refractivity contribution in [2.24, 2.45) is 0 Å². The highest BCUT2D eigenvalue weighted by Gasteiger charge is 2.00. The van der Waals surface area contributed by atoms with Crippen molar-refractivity contribution < 1.29 is 9.53 Å². The number of hydrogen-bond acceptors (Lipinski definition) is 3. The summed E-state index contributed by atoms with van der Waals surface area (Å²) in [7, 11) is 0. The number of rotatable bonds is 7. The molecule has 0 amide bonds. The zero-order valence-electron chi connectivity index (χ0n) is 8.22. The number of carbonyl (C=O) groups is 1. The first-order valence-corrected chi connectivity index (χ1v) is 4.49. The smallest absolute Gasteiger partial charge is 0.159 e. The lowest BCUT2D eigenvalue weighted by Crippen LogP contribution is -2.26. The Bertz CT molecular complexity index is 124. The van der Waals surface area contributed by atoms with Crippen molar-refractivity contribution in [2.45, 2.75) is 33.2 Å². The quantitative estimate of drug-likeness (QED) is 0.623. The zero-order valence-corrected chi connectivity index (χ0v) is 8.22. The molecular weight excluding hydrogens is 154 g/mol. The molecule has 3 heteroatoms. The molecule has 0 aromatic heterocycles. The Morgan fingerprint density at radius 2 is 2.17 bits per heavy atom. The standard InChI is InChI=1S/C9H19NO2/c1-4-12-7-9(11)5-6-10-8(2)3/h8,10H,4-7H2,1-3H3. The van der Waals surface area contributed by atoms with E-state index in [1.165, 1.54) is 0 Å². The fourth-order valence-electron chi connectivity index (χ4n) is 0.788.